The van der Waals surface area contributed by atoms with Gasteiger partial charge in [0.15, 0.2) is 0 Å². The minimum Gasteiger partial charge on any atom is -0.353 e. The first-order valence-electron chi connectivity index (χ1n) is 9.69. The molecule has 0 atom stereocenters. The summed E-state index contributed by atoms with van der Waals surface area (Å²) in [4.78, 5) is 24.3. The summed E-state index contributed by atoms with van der Waals surface area (Å²) in [7, 11) is 0. The second kappa shape index (κ2) is 10.2. The molecule has 7 heteroatoms. The molecule has 1 aliphatic rings. The Morgan fingerprint density at radius 1 is 1.04 bits per heavy atom. The lowest BCUT2D eigenvalue weighted by molar-refractivity contribution is -0.121. The largest absolute Gasteiger partial charge is 0.353 e. The maximum Gasteiger partial charge on any atom is 0.286 e. The number of aryl methyl sites for hydroxylation is 1. The van der Waals surface area contributed by atoms with Crippen LogP contribution < -0.4 is 10.6 Å². The molecule has 0 saturated heterocycles. The molecule has 3 rings (SSSR count). The maximum absolute atomic E-state index is 12.2. The standard InChI is InChI=1S/C20H26N4O2S/c25-17(21-15-9-4-1-2-5-10-15)13-8-14-18-23-24-20(27-18)19(26)22-16-11-6-3-7-12-16/h3,6-7,11-12,15H,1-2,4-5,8-10,13-14H2,(H,21,25)(H,22,26). The summed E-state index contributed by atoms with van der Waals surface area (Å²) >= 11 is 1.28. The Morgan fingerprint density at radius 2 is 1.78 bits per heavy atom. The van der Waals surface area contributed by atoms with Crippen molar-refractivity contribution in [3.63, 3.8) is 0 Å². The lowest BCUT2D eigenvalue weighted by atomic mass is 10.1. The highest BCUT2D eigenvalue weighted by Gasteiger charge is 2.16. The van der Waals surface area contributed by atoms with Gasteiger partial charge in [-0.15, -0.1) is 10.2 Å². The number of para-hydroxylation sites is 1. The fourth-order valence-electron chi connectivity index (χ4n) is 3.28. The number of rotatable bonds is 7. The molecule has 144 valence electrons. The molecular weight excluding hydrogens is 360 g/mol. The van der Waals surface area contributed by atoms with E-state index in [0.717, 1.165) is 23.5 Å². The van der Waals surface area contributed by atoms with Crippen LogP contribution >= 0.6 is 11.3 Å². The molecular formula is C20H26N4O2S. The first-order chi connectivity index (χ1) is 13.2. The predicted octanol–water partition coefficient (Wildman–Crippen LogP) is 3.95. The van der Waals surface area contributed by atoms with E-state index in [1.807, 2.05) is 30.3 Å². The van der Waals surface area contributed by atoms with E-state index in [1.165, 1.54) is 37.0 Å². The van der Waals surface area contributed by atoms with Crippen LogP contribution in [-0.2, 0) is 11.2 Å². The van der Waals surface area contributed by atoms with Gasteiger partial charge in [-0.05, 0) is 31.4 Å². The number of amides is 2. The summed E-state index contributed by atoms with van der Waals surface area (Å²) in [5.41, 5.74) is 0.731. The van der Waals surface area contributed by atoms with Crippen LogP contribution in [0.2, 0.25) is 0 Å². The molecule has 1 fully saturated rings. The molecule has 27 heavy (non-hydrogen) atoms. The first-order valence-corrected chi connectivity index (χ1v) is 10.5. The van der Waals surface area contributed by atoms with Crippen LogP contribution in [0.4, 0.5) is 5.69 Å². The lowest BCUT2D eigenvalue weighted by Gasteiger charge is -2.15. The third-order valence-corrected chi connectivity index (χ3v) is 5.69. The van der Waals surface area contributed by atoms with Crippen LogP contribution in [0.15, 0.2) is 30.3 Å². The van der Waals surface area contributed by atoms with E-state index in [9.17, 15) is 9.59 Å². The SMILES string of the molecule is O=C(CCCc1nnc(C(=O)Nc2ccccc2)s1)NC1CCCCCC1. The number of hydrogen-bond donors (Lipinski definition) is 2. The van der Waals surface area contributed by atoms with Crippen LogP contribution in [0.1, 0.15) is 66.2 Å². The highest BCUT2D eigenvalue weighted by Crippen LogP contribution is 2.18. The Bertz CT molecular complexity index is 739. The molecule has 2 amide bonds. The molecule has 0 radical (unpaired) electrons. The van der Waals surface area contributed by atoms with E-state index in [4.69, 9.17) is 0 Å². The number of anilines is 1. The van der Waals surface area contributed by atoms with Gasteiger partial charge in [0.25, 0.3) is 5.91 Å². The average Bonchev–Trinajstić information content (AvgIpc) is 3.00. The van der Waals surface area contributed by atoms with E-state index in [1.54, 1.807) is 0 Å². The topological polar surface area (TPSA) is 84.0 Å². The van der Waals surface area contributed by atoms with Gasteiger partial charge in [-0.25, -0.2) is 0 Å². The normalized spacial score (nSPS) is 15.1. The molecule has 2 N–H and O–H groups in total. The number of nitrogens with one attached hydrogen (secondary N) is 2. The van der Waals surface area contributed by atoms with Gasteiger partial charge in [-0.2, -0.15) is 0 Å². The van der Waals surface area contributed by atoms with Crippen LogP contribution in [0.3, 0.4) is 0 Å². The number of hydrogen-bond acceptors (Lipinski definition) is 5. The zero-order valence-corrected chi connectivity index (χ0v) is 16.3. The van der Waals surface area contributed by atoms with Gasteiger partial charge < -0.3 is 10.6 Å². The highest BCUT2D eigenvalue weighted by molar-refractivity contribution is 7.13. The number of aromatic nitrogens is 2. The summed E-state index contributed by atoms with van der Waals surface area (Å²) in [6.07, 6.45) is 9.05. The van der Waals surface area contributed by atoms with Crippen molar-refractivity contribution in [3.8, 4) is 0 Å². The molecule has 6 nitrogen and oxygen atoms in total. The van der Waals surface area contributed by atoms with Gasteiger partial charge in [0, 0.05) is 24.6 Å². The van der Waals surface area contributed by atoms with Crippen molar-refractivity contribution >= 4 is 28.8 Å². The van der Waals surface area contributed by atoms with Crippen molar-refractivity contribution in [1.29, 1.82) is 0 Å². The van der Waals surface area contributed by atoms with E-state index in [2.05, 4.69) is 20.8 Å². The van der Waals surface area contributed by atoms with Crippen LogP contribution in [0, 0.1) is 0 Å². The Hall–Kier alpha value is -2.28. The van der Waals surface area contributed by atoms with Crippen molar-refractivity contribution in [1.82, 2.24) is 15.5 Å². The van der Waals surface area contributed by atoms with Crippen LogP contribution in [0.25, 0.3) is 0 Å². The van der Waals surface area contributed by atoms with E-state index >= 15 is 0 Å². The molecule has 0 spiro atoms. The maximum atomic E-state index is 12.2. The molecule has 1 aliphatic carbocycles. The van der Waals surface area contributed by atoms with Gasteiger partial charge in [0.1, 0.15) is 5.01 Å². The molecule has 1 aromatic heterocycles. The number of carbonyl (C=O) groups is 2. The Labute approximate surface area is 163 Å². The monoisotopic (exact) mass is 386 g/mol. The van der Waals surface area contributed by atoms with E-state index in [0.29, 0.717) is 30.3 Å². The van der Waals surface area contributed by atoms with Gasteiger partial charge in [0.05, 0.1) is 0 Å². The van der Waals surface area contributed by atoms with E-state index < -0.39 is 0 Å². The second-order valence-electron chi connectivity index (χ2n) is 6.93. The fourth-order valence-corrected chi connectivity index (χ4v) is 4.05. The number of benzene rings is 1. The fraction of sp³-hybridized carbons (Fsp3) is 0.500. The van der Waals surface area contributed by atoms with Crippen molar-refractivity contribution in [3.05, 3.63) is 40.3 Å². The van der Waals surface area contributed by atoms with Crippen LogP contribution in [0.5, 0.6) is 0 Å². The van der Waals surface area contributed by atoms with Gasteiger partial charge in [-0.3, -0.25) is 9.59 Å². The smallest absolute Gasteiger partial charge is 0.286 e. The second-order valence-corrected chi connectivity index (χ2v) is 7.99. The molecule has 2 aromatic rings. The molecule has 0 unspecified atom stereocenters. The van der Waals surface area contributed by atoms with Crippen molar-refractivity contribution in [2.24, 2.45) is 0 Å². The van der Waals surface area contributed by atoms with Gasteiger partial charge in [-0.1, -0.05) is 55.2 Å². The molecule has 1 aromatic carbocycles. The Morgan fingerprint density at radius 3 is 2.52 bits per heavy atom. The summed E-state index contributed by atoms with van der Waals surface area (Å²) in [5, 5.41) is 15.1. The molecule has 0 aliphatic heterocycles. The number of nitrogens with zero attached hydrogens (tertiary/aromatic N) is 2. The highest BCUT2D eigenvalue weighted by atomic mass is 32.1. The lowest BCUT2D eigenvalue weighted by Crippen LogP contribution is -2.34. The predicted molar refractivity (Wildman–Crippen MR) is 107 cm³/mol. The van der Waals surface area contributed by atoms with Crippen molar-refractivity contribution in [2.75, 3.05) is 5.32 Å². The first kappa shape index (κ1) is 19.5. The van der Waals surface area contributed by atoms with Gasteiger partial charge >= 0.3 is 0 Å². The van der Waals surface area contributed by atoms with Crippen molar-refractivity contribution < 1.29 is 9.59 Å². The van der Waals surface area contributed by atoms with Crippen LogP contribution in [-0.4, -0.2) is 28.1 Å². The number of carbonyl (C=O) groups excluding carboxylic acids is 2. The summed E-state index contributed by atoms with van der Waals surface area (Å²) in [6.45, 7) is 0. The summed E-state index contributed by atoms with van der Waals surface area (Å²) < 4.78 is 0. The average molecular weight is 387 g/mol. The Balaban J connectivity index is 1.40. The summed E-state index contributed by atoms with van der Waals surface area (Å²) in [6, 6.07) is 9.61. The minimum atomic E-state index is -0.254. The third kappa shape index (κ3) is 6.43. The quantitative estimate of drug-likeness (QED) is 0.706. The summed E-state index contributed by atoms with van der Waals surface area (Å²) in [5.74, 6) is -0.135. The molecule has 0 bridgehead atoms. The third-order valence-electron chi connectivity index (χ3n) is 4.71. The zero-order chi connectivity index (χ0) is 18.9. The van der Waals surface area contributed by atoms with Gasteiger partial charge in [0.2, 0.25) is 10.9 Å². The molecule has 1 heterocycles. The van der Waals surface area contributed by atoms with E-state index in [-0.39, 0.29) is 11.8 Å². The Kier molecular flexibility index (Phi) is 7.33. The minimum absolute atomic E-state index is 0.119. The van der Waals surface area contributed by atoms with Crippen molar-refractivity contribution in [2.45, 2.75) is 63.8 Å². The molecule has 1 saturated carbocycles. The zero-order valence-electron chi connectivity index (χ0n) is 15.4.